The molecule has 0 spiro atoms. The van der Waals surface area contributed by atoms with E-state index in [0.717, 1.165) is 15.7 Å². The third-order valence-electron chi connectivity index (χ3n) is 3.64. The molecule has 0 bridgehead atoms. The van der Waals surface area contributed by atoms with Crippen LogP contribution in [0.4, 0.5) is 0 Å². The fourth-order valence-corrected chi connectivity index (χ4v) is 5.40. The van der Waals surface area contributed by atoms with Crippen molar-refractivity contribution in [2.24, 2.45) is 0 Å². The zero-order valence-electron chi connectivity index (χ0n) is 13.5. The molecule has 7 heteroatoms. The highest BCUT2D eigenvalue weighted by Crippen LogP contribution is 2.50. The maximum atomic E-state index is 13.8. The van der Waals surface area contributed by atoms with E-state index >= 15 is 0 Å². The van der Waals surface area contributed by atoms with Gasteiger partial charge in [0.2, 0.25) is 0 Å². The van der Waals surface area contributed by atoms with E-state index in [1.54, 1.807) is 66.7 Å². The van der Waals surface area contributed by atoms with Crippen LogP contribution in [-0.4, -0.2) is 4.34 Å². The molecule has 0 amide bonds. The van der Waals surface area contributed by atoms with Gasteiger partial charge in [-0.1, -0.05) is 59.9 Å². The molecule has 0 fully saturated rings. The van der Waals surface area contributed by atoms with E-state index in [0.29, 0.717) is 21.7 Å². The van der Waals surface area contributed by atoms with Crippen molar-refractivity contribution in [1.29, 1.82) is 0 Å². The molecule has 26 heavy (non-hydrogen) atoms. The first-order chi connectivity index (χ1) is 12.7. The first-order valence-electron chi connectivity index (χ1n) is 7.86. The highest BCUT2D eigenvalue weighted by Gasteiger charge is 2.35. The van der Waals surface area contributed by atoms with Crippen LogP contribution >= 0.6 is 19.1 Å². The molecule has 0 atom stereocenters. The number of fused-ring (bicyclic) bond motifs is 1. The van der Waals surface area contributed by atoms with Gasteiger partial charge in [0, 0.05) is 0 Å². The molecule has 0 unspecified atom stereocenters. The molecule has 1 heterocycles. The topological polar surface area (TPSA) is 57.5 Å². The number of hydrogen-bond acceptors (Lipinski definition) is 5. The van der Waals surface area contributed by atoms with Crippen molar-refractivity contribution in [3.05, 3.63) is 94.6 Å². The summed E-state index contributed by atoms with van der Waals surface area (Å²) in [6.45, 7) is 0. The minimum Gasteiger partial charge on any atom is -0.400 e. The van der Waals surface area contributed by atoms with E-state index in [1.165, 1.54) is 0 Å². The third-order valence-corrected chi connectivity index (χ3v) is 6.46. The Morgan fingerprint density at radius 3 is 1.81 bits per heavy atom. The Morgan fingerprint density at radius 1 is 0.731 bits per heavy atom. The number of rotatable bonds is 5. The van der Waals surface area contributed by atoms with E-state index in [9.17, 15) is 9.36 Å². The second-order valence-electron chi connectivity index (χ2n) is 5.42. The van der Waals surface area contributed by atoms with E-state index < -0.39 is 12.6 Å². The quantitative estimate of drug-likeness (QED) is 0.446. The van der Waals surface area contributed by atoms with Gasteiger partial charge in [0.05, 0.1) is 10.2 Å². The molecule has 5 nitrogen and oxygen atoms in total. The molecule has 0 aliphatic rings. The number of para-hydroxylation sites is 3. The van der Waals surface area contributed by atoms with Gasteiger partial charge in [0.15, 0.2) is 0 Å². The summed E-state index contributed by atoms with van der Waals surface area (Å²) in [5.74, 6) is 0.711. The summed E-state index contributed by atoms with van der Waals surface area (Å²) in [6.07, 6.45) is 0. The van der Waals surface area contributed by atoms with Crippen LogP contribution in [0, 0.1) is 0 Å². The smallest absolute Gasteiger partial charge is 0.400 e. The number of hydrogen-bond donors (Lipinski definition) is 0. The average Bonchev–Trinajstić information content (AvgIpc) is 2.99. The zero-order valence-corrected chi connectivity index (χ0v) is 15.2. The van der Waals surface area contributed by atoms with Crippen molar-refractivity contribution in [2.75, 3.05) is 0 Å². The predicted molar refractivity (Wildman–Crippen MR) is 103 cm³/mol. The number of benzene rings is 3. The molecule has 0 aliphatic carbocycles. The van der Waals surface area contributed by atoms with Crippen molar-refractivity contribution < 1.29 is 13.6 Å². The molecule has 0 aliphatic heterocycles. The summed E-state index contributed by atoms with van der Waals surface area (Å²) in [4.78, 5) is 12.2. The Morgan fingerprint density at radius 2 is 1.23 bits per heavy atom. The van der Waals surface area contributed by atoms with Crippen LogP contribution in [-0.2, 0) is 4.57 Å². The first-order valence-corrected chi connectivity index (χ1v) is 10.2. The molecular weight excluding hydrogens is 369 g/mol. The van der Waals surface area contributed by atoms with Gasteiger partial charge in [-0.2, -0.15) is 4.34 Å². The zero-order chi connectivity index (χ0) is 18.0. The highest BCUT2D eigenvalue weighted by atomic mass is 32.1. The first kappa shape index (κ1) is 16.6. The molecule has 4 rings (SSSR count). The van der Waals surface area contributed by atoms with Gasteiger partial charge < -0.3 is 9.05 Å². The number of nitrogens with zero attached hydrogens (tertiary/aromatic N) is 1. The molecule has 1 aromatic heterocycles. The molecule has 0 radical (unpaired) electrons. The number of aromatic nitrogens is 1. The van der Waals surface area contributed by atoms with Crippen LogP contribution in [0.5, 0.6) is 11.5 Å². The summed E-state index contributed by atoms with van der Waals surface area (Å²) in [5.41, 5.74) is 0.512. The second-order valence-corrected chi connectivity index (χ2v) is 8.12. The van der Waals surface area contributed by atoms with Crippen molar-refractivity contribution in [3.8, 4) is 11.5 Å². The van der Waals surface area contributed by atoms with Gasteiger partial charge in [-0.3, -0.25) is 4.79 Å². The van der Waals surface area contributed by atoms with Gasteiger partial charge in [-0.25, -0.2) is 4.57 Å². The second kappa shape index (κ2) is 6.83. The molecule has 3 aromatic carbocycles. The standard InChI is InChI=1S/C19H14NO4PS/c21-19-20(17-13-7-8-14-18(17)26-19)25(22,23-15-9-3-1-4-10-15)24-16-11-5-2-6-12-16/h1-14H. The molecule has 0 N–H and O–H groups in total. The summed E-state index contributed by atoms with van der Waals surface area (Å²) in [7, 11) is -4.04. The SMILES string of the molecule is O=c1sc2ccccc2n1P(=O)(Oc1ccccc1)Oc1ccccc1. The lowest BCUT2D eigenvalue weighted by Crippen LogP contribution is -2.18. The maximum absolute atomic E-state index is 13.8. The van der Waals surface area contributed by atoms with Crippen LogP contribution in [0.3, 0.4) is 0 Å². The van der Waals surface area contributed by atoms with Gasteiger partial charge >= 0.3 is 12.6 Å². The van der Waals surface area contributed by atoms with Crippen LogP contribution in [0.15, 0.2) is 89.7 Å². The summed E-state index contributed by atoms with van der Waals surface area (Å²) in [6, 6.07) is 24.5. The van der Waals surface area contributed by atoms with Crippen LogP contribution in [0.25, 0.3) is 10.2 Å². The summed E-state index contributed by atoms with van der Waals surface area (Å²) in [5, 5.41) is 0. The van der Waals surface area contributed by atoms with Crippen molar-refractivity contribution in [3.63, 3.8) is 0 Å². The lowest BCUT2D eigenvalue weighted by Gasteiger charge is -2.20. The van der Waals surface area contributed by atoms with Crippen molar-refractivity contribution in [1.82, 2.24) is 4.34 Å². The van der Waals surface area contributed by atoms with Crippen molar-refractivity contribution >= 4 is 29.3 Å². The minimum absolute atomic E-state index is 0.356. The van der Waals surface area contributed by atoms with Crippen molar-refractivity contribution in [2.45, 2.75) is 0 Å². The van der Waals surface area contributed by atoms with Crippen LogP contribution < -0.4 is 13.9 Å². The van der Waals surface area contributed by atoms with E-state index in [4.69, 9.17) is 9.05 Å². The Bertz CT molecular complexity index is 1090. The van der Waals surface area contributed by atoms with Gasteiger partial charge in [-0.15, -0.1) is 0 Å². The highest BCUT2D eigenvalue weighted by molar-refractivity contribution is 7.53. The minimum atomic E-state index is -4.04. The normalized spacial score (nSPS) is 11.4. The van der Waals surface area contributed by atoms with Gasteiger partial charge in [-0.05, 0) is 36.4 Å². The number of thiazole rings is 1. The Kier molecular flexibility index (Phi) is 4.37. The Labute approximate surface area is 153 Å². The molecular formula is C19H14NO4PS. The monoisotopic (exact) mass is 383 g/mol. The summed E-state index contributed by atoms with van der Waals surface area (Å²) >= 11 is 1.00. The summed E-state index contributed by atoms with van der Waals surface area (Å²) < 4.78 is 27.1. The van der Waals surface area contributed by atoms with E-state index in [-0.39, 0.29) is 0 Å². The van der Waals surface area contributed by atoms with Crippen LogP contribution in [0.1, 0.15) is 0 Å². The molecule has 0 saturated carbocycles. The van der Waals surface area contributed by atoms with E-state index in [1.807, 2.05) is 18.2 Å². The Hall–Kier alpha value is -2.82. The molecule has 0 saturated heterocycles. The lowest BCUT2D eigenvalue weighted by molar-refractivity contribution is 0.375. The average molecular weight is 383 g/mol. The lowest BCUT2D eigenvalue weighted by atomic mass is 10.3. The Balaban J connectivity index is 1.88. The predicted octanol–water partition coefficient (Wildman–Crippen LogP) is 5.18. The maximum Gasteiger partial charge on any atom is 0.552 e. The van der Waals surface area contributed by atoms with Gasteiger partial charge in [0.25, 0.3) is 0 Å². The molecule has 130 valence electrons. The van der Waals surface area contributed by atoms with Crippen LogP contribution in [0.2, 0.25) is 0 Å². The third kappa shape index (κ3) is 3.17. The van der Waals surface area contributed by atoms with Gasteiger partial charge in [0.1, 0.15) is 11.5 Å². The largest absolute Gasteiger partial charge is 0.552 e. The van der Waals surface area contributed by atoms with E-state index in [2.05, 4.69) is 0 Å². The fourth-order valence-electron chi connectivity index (χ4n) is 2.52. The molecule has 4 aromatic rings. The fraction of sp³-hybridized carbons (Fsp3) is 0.